The molecule has 0 amide bonds. The smallest absolute Gasteiger partial charge is 0.183 e. The molecule has 3 N–H and O–H groups in total. The zero-order valence-corrected chi connectivity index (χ0v) is 14.8. The molecule has 0 unspecified atom stereocenters. The van der Waals surface area contributed by atoms with Crippen LogP contribution in [-0.4, -0.2) is 37.7 Å². The maximum Gasteiger partial charge on any atom is 0.183 e. The summed E-state index contributed by atoms with van der Waals surface area (Å²) in [4.78, 5) is 15.8. The fourth-order valence-corrected chi connectivity index (χ4v) is 3.71. The van der Waals surface area contributed by atoms with Gasteiger partial charge in [0.2, 0.25) is 0 Å². The van der Waals surface area contributed by atoms with Gasteiger partial charge in [-0.3, -0.25) is 0 Å². The van der Waals surface area contributed by atoms with E-state index >= 15 is 0 Å². The van der Waals surface area contributed by atoms with Gasteiger partial charge in [0, 0.05) is 41.9 Å². The summed E-state index contributed by atoms with van der Waals surface area (Å²) in [6.45, 7) is 0.0871. The van der Waals surface area contributed by atoms with Crippen molar-refractivity contribution in [2.75, 3.05) is 11.9 Å². The minimum Gasteiger partial charge on any atom is -0.396 e. The Morgan fingerprint density at radius 2 is 2.12 bits per heavy atom. The number of fused-ring (bicyclic) bond motifs is 1. The van der Waals surface area contributed by atoms with E-state index in [2.05, 4.69) is 25.3 Å². The Labute approximate surface area is 154 Å². The molecule has 1 aliphatic carbocycles. The van der Waals surface area contributed by atoms with E-state index in [0.29, 0.717) is 22.1 Å². The highest BCUT2D eigenvalue weighted by Crippen LogP contribution is 2.30. The normalized spacial score (nSPS) is 20.4. The van der Waals surface area contributed by atoms with Crippen molar-refractivity contribution in [1.82, 2.24) is 19.9 Å². The minimum absolute atomic E-state index is 0.00470. The number of nitrogens with one attached hydrogen (secondary N) is 2. The summed E-state index contributed by atoms with van der Waals surface area (Å²) in [5.74, 6) is 0.148. The van der Waals surface area contributed by atoms with Crippen LogP contribution in [0.2, 0.25) is 5.02 Å². The van der Waals surface area contributed by atoms with Crippen LogP contribution in [0.25, 0.3) is 22.4 Å². The van der Waals surface area contributed by atoms with E-state index in [1.165, 1.54) is 0 Å². The number of aliphatic hydroxyl groups excluding tert-OH is 1. The summed E-state index contributed by atoms with van der Waals surface area (Å²) < 4.78 is 14.3. The van der Waals surface area contributed by atoms with Crippen molar-refractivity contribution in [3.63, 3.8) is 0 Å². The predicted molar refractivity (Wildman–Crippen MR) is 98.5 cm³/mol. The van der Waals surface area contributed by atoms with Gasteiger partial charge in [0.25, 0.3) is 0 Å². The molecule has 1 saturated carbocycles. The third-order valence-electron chi connectivity index (χ3n) is 4.95. The molecular weight excluding hydrogens is 357 g/mol. The maximum atomic E-state index is 14.3. The largest absolute Gasteiger partial charge is 0.396 e. The standard InChI is InChI=1S/C18H19ClFN5O/c19-11-5-12-13(7-22-16(12)21-6-11)17-23-8-14(20)18(25-17)24-15-4-2-1-3-10(15)9-26/h5-8,10,15,26H,1-4,9H2,(H,21,22)(H,23,24,25)/t10-,15+/m0/s1. The molecule has 4 rings (SSSR count). The number of H-pyrrole nitrogens is 1. The number of halogens is 2. The Morgan fingerprint density at radius 3 is 2.96 bits per heavy atom. The van der Waals surface area contributed by atoms with Gasteiger partial charge in [-0.1, -0.05) is 24.4 Å². The molecule has 0 bridgehead atoms. The highest BCUT2D eigenvalue weighted by molar-refractivity contribution is 6.31. The first-order valence-electron chi connectivity index (χ1n) is 8.68. The lowest BCUT2D eigenvalue weighted by atomic mass is 9.85. The van der Waals surface area contributed by atoms with E-state index in [1.807, 2.05) is 0 Å². The van der Waals surface area contributed by atoms with Crippen LogP contribution in [0.4, 0.5) is 10.2 Å². The molecule has 26 heavy (non-hydrogen) atoms. The van der Waals surface area contributed by atoms with E-state index in [4.69, 9.17) is 11.6 Å². The molecule has 3 aromatic rings. The number of aromatic nitrogens is 4. The van der Waals surface area contributed by atoms with Crippen molar-refractivity contribution < 1.29 is 9.50 Å². The first kappa shape index (κ1) is 17.2. The SMILES string of the molecule is OC[C@@H]1CCCC[C@H]1Nc1nc(-c2c[nH]c3ncc(Cl)cc23)ncc1F. The molecule has 3 aromatic heterocycles. The van der Waals surface area contributed by atoms with Crippen molar-refractivity contribution >= 4 is 28.5 Å². The molecule has 8 heteroatoms. The first-order valence-corrected chi connectivity index (χ1v) is 9.06. The van der Waals surface area contributed by atoms with Crippen molar-refractivity contribution in [2.45, 2.75) is 31.7 Å². The molecular formula is C18H19ClFN5O. The quantitative estimate of drug-likeness (QED) is 0.646. The number of hydrogen-bond donors (Lipinski definition) is 3. The van der Waals surface area contributed by atoms with Crippen LogP contribution in [-0.2, 0) is 0 Å². The summed E-state index contributed by atoms with van der Waals surface area (Å²) in [6.07, 6.45) is 8.42. The van der Waals surface area contributed by atoms with Gasteiger partial charge in [0.05, 0.1) is 11.2 Å². The zero-order valence-electron chi connectivity index (χ0n) is 14.0. The summed E-state index contributed by atoms with van der Waals surface area (Å²) in [5, 5.41) is 14.0. The summed E-state index contributed by atoms with van der Waals surface area (Å²) in [7, 11) is 0. The van der Waals surface area contributed by atoms with Crippen LogP contribution >= 0.6 is 11.6 Å². The summed E-state index contributed by atoms with van der Waals surface area (Å²) >= 11 is 6.04. The van der Waals surface area contributed by atoms with Crippen LogP contribution in [0, 0.1) is 11.7 Å². The first-order chi connectivity index (χ1) is 12.7. The van der Waals surface area contributed by atoms with Crippen molar-refractivity contribution in [1.29, 1.82) is 0 Å². The fourth-order valence-electron chi connectivity index (χ4n) is 3.55. The lowest BCUT2D eigenvalue weighted by Crippen LogP contribution is -2.35. The Hall–Kier alpha value is -2.25. The number of nitrogens with zero attached hydrogens (tertiary/aromatic N) is 3. The van der Waals surface area contributed by atoms with E-state index in [-0.39, 0.29) is 24.4 Å². The van der Waals surface area contributed by atoms with Crippen LogP contribution in [0.15, 0.2) is 24.7 Å². The fraction of sp³-hybridized carbons (Fsp3) is 0.389. The Bertz CT molecular complexity index is 931. The number of aliphatic hydroxyl groups is 1. The van der Waals surface area contributed by atoms with Crippen molar-refractivity contribution in [3.05, 3.63) is 35.5 Å². The molecule has 1 aliphatic rings. The van der Waals surface area contributed by atoms with Gasteiger partial charge in [-0.2, -0.15) is 0 Å². The molecule has 2 atom stereocenters. The van der Waals surface area contributed by atoms with E-state index in [9.17, 15) is 9.50 Å². The van der Waals surface area contributed by atoms with Crippen LogP contribution in [0.1, 0.15) is 25.7 Å². The second-order valence-corrected chi connectivity index (χ2v) is 7.06. The molecule has 0 spiro atoms. The number of hydrogen-bond acceptors (Lipinski definition) is 5. The summed E-state index contributed by atoms with van der Waals surface area (Å²) in [6, 6.07) is 1.78. The van der Waals surface area contributed by atoms with Crippen molar-refractivity contribution in [2.24, 2.45) is 5.92 Å². The van der Waals surface area contributed by atoms with Gasteiger partial charge in [0.15, 0.2) is 17.5 Å². The highest BCUT2D eigenvalue weighted by Gasteiger charge is 2.26. The third-order valence-corrected chi connectivity index (χ3v) is 5.16. The lowest BCUT2D eigenvalue weighted by Gasteiger charge is -2.31. The second kappa shape index (κ2) is 7.17. The van der Waals surface area contributed by atoms with Crippen LogP contribution < -0.4 is 5.32 Å². The van der Waals surface area contributed by atoms with Crippen LogP contribution in [0.3, 0.4) is 0 Å². The Balaban J connectivity index is 1.68. The lowest BCUT2D eigenvalue weighted by molar-refractivity contribution is 0.178. The van der Waals surface area contributed by atoms with Crippen molar-refractivity contribution in [3.8, 4) is 11.4 Å². The van der Waals surface area contributed by atoms with E-state index in [1.54, 1.807) is 18.5 Å². The predicted octanol–water partition coefficient (Wildman–Crippen LogP) is 3.78. The molecule has 0 aromatic carbocycles. The maximum absolute atomic E-state index is 14.3. The van der Waals surface area contributed by atoms with E-state index < -0.39 is 5.82 Å². The Kier molecular flexibility index (Phi) is 4.74. The number of anilines is 1. The van der Waals surface area contributed by atoms with Gasteiger partial charge in [0.1, 0.15) is 5.65 Å². The Morgan fingerprint density at radius 1 is 1.27 bits per heavy atom. The molecule has 6 nitrogen and oxygen atoms in total. The molecule has 0 aliphatic heterocycles. The third kappa shape index (κ3) is 3.24. The second-order valence-electron chi connectivity index (χ2n) is 6.62. The average molecular weight is 376 g/mol. The van der Waals surface area contributed by atoms with Gasteiger partial charge in [-0.25, -0.2) is 19.3 Å². The topological polar surface area (TPSA) is 86.7 Å². The number of aromatic amines is 1. The summed E-state index contributed by atoms with van der Waals surface area (Å²) in [5.41, 5.74) is 1.37. The molecule has 3 heterocycles. The highest BCUT2D eigenvalue weighted by atomic mass is 35.5. The minimum atomic E-state index is -0.507. The zero-order chi connectivity index (χ0) is 18.1. The molecule has 1 fully saturated rings. The monoisotopic (exact) mass is 375 g/mol. The van der Waals surface area contributed by atoms with Gasteiger partial charge in [-0.05, 0) is 18.9 Å². The average Bonchev–Trinajstić information content (AvgIpc) is 3.07. The molecule has 0 saturated heterocycles. The number of rotatable bonds is 4. The van der Waals surface area contributed by atoms with Crippen LogP contribution in [0.5, 0.6) is 0 Å². The molecule has 0 radical (unpaired) electrons. The van der Waals surface area contributed by atoms with Gasteiger partial charge >= 0.3 is 0 Å². The number of pyridine rings is 1. The van der Waals surface area contributed by atoms with E-state index in [0.717, 1.165) is 37.3 Å². The van der Waals surface area contributed by atoms with Gasteiger partial charge in [-0.15, -0.1) is 0 Å². The van der Waals surface area contributed by atoms with Gasteiger partial charge < -0.3 is 15.4 Å². The molecule has 136 valence electrons.